The molecule has 1 aliphatic heterocycles. The predicted octanol–water partition coefficient (Wildman–Crippen LogP) is 2.83. The van der Waals surface area contributed by atoms with Gasteiger partial charge in [-0.2, -0.15) is 0 Å². The van der Waals surface area contributed by atoms with E-state index in [0.717, 1.165) is 25.0 Å². The summed E-state index contributed by atoms with van der Waals surface area (Å²) in [4.78, 5) is 0. The third kappa shape index (κ3) is 5.53. The van der Waals surface area contributed by atoms with E-state index in [4.69, 9.17) is 4.74 Å². The SMILES string of the molecule is CCC(CC)COCCC1CCCNC1. The summed E-state index contributed by atoms with van der Waals surface area (Å²) in [6, 6.07) is 0. The molecule has 90 valence electrons. The number of nitrogens with one attached hydrogen (secondary N) is 1. The van der Waals surface area contributed by atoms with Crippen molar-refractivity contribution in [1.29, 1.82) is 0 Å². The van der Waals surface area contributed by atoms with Gasteiger partial charge in [-0.25, -0.2) is 0 Å². The van der Waals surface area contributed by atoms with Gasteiger partial charge in [-0.1, -0.05) is 26.7 Å². The van der Waals surface area contributed by atoms with E-state index in [1.54, 1.807) is 0 Å². The van der Waals surface area contributed by atoms with E-state index in [1.807, 2.05) is 0 Å². The summed E-state index contributed by atoms with van der Waals surface area (Å²) >= 11 is 0. The molecule has 1 rings (SSSR count). The van der Waals surface area contributed by atoms with Crippen LogP contribution in [-0.2, 0) is 4.74 Å². The Bertz CT molecular complexity index is 139. The maximum Gasteiger partial charge on any atom is 0.0494 e. The van der Waals surface area contributed by atoms with Crippen molar-refractivity contribution < 1.29 is 4.74 Å². The highest BCUT2D eigenvalue weighted by molar-refractivity contribution is 4.68. The normalized spacial score (nSPS) is 22.2. The van der Waals surface area contributed by atoms with E-state index in [9.17, 15) is 0 Å². The van der Waals surface area contributed by atoms with Crippen LogP contribution in [-0.4, -0.2) is 26.3 Å². The topological polar surface area (TPSA) is 21.3 Å². The zero-order chi connectivity index (χ0) is 10.9. The number of ether oxygens (including phenoxy) is 1. The molecule has 1 fully saturated rings. The number of rotatable bonds is 7. The lowest BCUT2D eigenvalue weighted by molar-refractivity contribution is 0.0832. The number of hydrogen-bond acceptors (Lipinski definition) is 2. The molecule has 15 heavy (non-hydrogen) atoms. The van der Waals surface area contributed by atoms with E-state index in [-0.39, 0.29) is 0 Å². The van der Waals surface area contributed by atoms with Crippen LogP contribution in [0.1, 0.15) is 46.0 Å². The maximum atomic E-state index is 5.75. The fraction of sp³-hybridized carbons (Fsp3) is 1.00. The van der Waals surface area contributed by atoms with Crippen molar-refractivity contribution >= 4 is 0 Å². The Hall–Kier alpha value is -0.0800. The zero-order valence-corrected chi connectivity index (χ0v) is 10.4. The molecule has 1 aliphatic rings. The summed E-state index contributed by atoms with van der Waals surface area (Å²) in [6.07, 6.45) is 6.48. The second kappa shape index (κ2) is 8.12. The van der Waals surface area contributed by atoms with Gasteiger partial charge in [0.05, 0.1) is 0 Å². The minimum atomic E-state index is 0.773. The van der Waals surface area contributed by atoms with Gasteiger partial charge in [0.1, 0.15) is 0 Å². The zero-order valence-electron chi connectivity index (χ0n) is 10.4. The molecule has 0 aromatic rings. The first-order valence-corrected chi connectivity index (χ1v) is 6.65. The molecule has 1 heterocycles. The third-order valence-corrected chi connectivity index (χ3v) is 3.58. The first-order chi connectivity index (χ1) is 7.36. The average Bonchev–Trinajstić information content (AvgIpc) is 2.31. The fourth-order valence-corrected chi connectivity index (χ4v) is 2.19. The lowest BCUT2D eigenvalue weighted by atomic mass is 9.97. The molecule has 0 aromatic heterocycles. The Kier molecular flexibility index (Phi) is 7.03. The van der Waals surface area contributed by atoms with E-state index in [2.05, 4.69) is 19.2 Å². The molecule has 2 heteroatoms. The number of hydrogen-bond donors (Lipinski definition) is 1. The van der Waals surface area contributed by atoms with Gasteiger partial charge in [0.25, 0.3) is 0 Å². The van der Waals surface area contributed by atoms with Crippen LogP contribution in [0.4, 0.5) is 0 Å². The van der Waals surface area contributed by atoms with Gasteiger partial charge in [-0.05, 0) is 44.2 Å². The van der Waals surface area contributed by atoms with Crippen molar-refractivity contribution in [3.63, 3.8) is 0 Å². The molecular formula is C13H27NO. The van der Waals surface area contributed by atoms with Crippen molar-refractivity contribution in [3.8, 4) is 0 Å². The highest BCUT2D eigenvalue weighted by Gasteiger charge is 2.12. The molecule has 0 bridgehead atoms. The maximum absolute atomic E-state index is 5.75. The van der Waals surface area contributed by atoms with Crippen molar-refractivity contribution in [3.05, 3.63) is 0 Å². The third-order valence-electron chi connectivity index (χ3n) is 3.58. The van der Waals surface area contributed by atoms with Crippen LogP contribution < -0.4 is 5.32 Å². The first-order valence-electron chi connectivity index (χ1n) is 6.65. The summed E-state index contributed by atoms with van der Waals surface area (Å²) in [7, 11) is 0. The van der Waals surface area contributed by atoms with Gasteiger partial charge in [-0.3, -0.25) is 0 Å². The minimum Gasteiger partial charge on any atom is -0.381 e. The largest absolute Gasteiger partial charge is 0.381 e. The molecule has 0 amide bonds. The van der Waals surface area contributed by atoms with E-state index < -0.39 is 0 Å². The van der Waals surface area contributed by atoms with Gasteiger partial charge in [0.2, 0.25) is 0 Å². The van der Waals surface area contributed by atoms with Crippen LogP contribution in [0.2, 0.25) is 0 Å². The molecule has 1 atom stereocenters. The quantitative estimate of drug-likeness (QED) is 0.657. The van der Waals surface area contributed by atoms with Crippen LogP contribution in [0.15, 0.2) is 0 Å². The monoisotopic (exact) mass is 213 g/mol. The smallest absolute Gasteiger partial charge is 0.0494 e. The van der Waals surface area contributed by atoms with Crippen molar-refractivity contribution in [1.82, 2.24) is 5.32 Å². The van der Waals surface area contributed by atoms with Gasteiger partial charge in [0, 0.05) is 13.2 Å². The van der Waals surface area contributed by atoms with Gasteiger partial charge in [0.15, 0.2) is 0 Å². The summed E-state index contributed by atoms with van der Waals surface area (Å²) in [6.45, 7) is 8.85. The predicted molar refractivity (Wildman–Crippen MR) is 65.1 cm³/mol. The molecular weight excluding hydrogens is 186 g/mol. The van der Waals surface area contributed by atoms with Crippen molar-refractivity contribution in [2.24, 2.45) is 11.8 Å². The molecule has 0 saturated carbocycles. The lowest BCUT2D eigenvalue weighted by Crippen LogP contribution is -2.30. The molecule has 2 nitrogen and oxygen atoms in total. The Morgan fingerprint density at radius 3 is 2.73 bits per heavy atom. The van der Waals surface area contributed by atoms with Gasteiger partial charge >= 0.3 is 0 Å². The van der Waals surface area contributed by atoms with E-state index in [0.29, 0.717) is 0 Å². The Morgan fingerprint density at radius 1 is 1.33 bits per heavy atom. The Morgan fingerprint density at radius 2 is 2.13 bits per heavy atom. The minimum absolute atomic E-state index is 0.773. The Balaban J connectivity index is 1.95. The van der Waals surface area contributed by atoms with Crippen LogP contribution in [0.5, 0.6) is 0 Å². The van der Waals surface area contributed by atoms with E-state index in [1.165, 1.54) is 45.2 Å². The summed E-state index contributed by atoms with van der Waals surface area (Å²) < 4.78 is 5.75. The Labute approximate surface area is 94.8 Å². The average molecular weight is 213 g/mol. The van der Waals surface area contributed by atoms with Crippen LogP contribution in [0.25, 0.3) is 0 Å². The van der Waals surface area contributed by atoms with Crippen LogP contribution in [0.3, 0.4) is 0 Å². The highest BCUT2D eigenvalue weighted by Crippen LogP contribution is 2.14. The fourth-order valence-electron chi connectivity index (χ4n) is 2.19. The molecule has 1 saturated heterocycles. The summed E-state index contributed by atoms with van der Waals surface area (Å²) in [5.41, 5.74) is 0. The summed E-state index contributed by atoms with van der Waals surface area (Å²) in [5.74, 6) is 1.63. The summed E-state index contributed by atoms with van der Waals surface area (Å²) in [5, 5.41) is 3.45. The van der Waals surface area contributed by atoms with Crippen LogP contribution >= 0.6 is 0 Å². The van der Waals surface area contributed by atoms with Crippen molar-refractivity contribution in [2.45, 2.75) is 46.0 Å². The molecule has 0 aliphatic carbocycles. The van der Waals surface area contributed by atoms with Crippen LogP contribution in [0, 0.1) is 11.8 Å². The highest BCUT2D eigenvalue weighted by atomic mass is 16.5. The molecule has 0 aromatic carbocycles. The number of piperidine rings is 1. The van der Waals surface area contributed by atoms with E-state index >= 15 is 0 Å². The lowest BCUT2D eigenvalue weighted by Gasteiger charge is -2.22. The van der Waals surface area contributed by atoms with Gasteiger partial charge in [-0.15, -0.1) is 0 Å². The molecule has 0 radical (unpaired) electrons. The molecule has 1 N–H and O–H groups in total. The first kappa shape index (κ1) is 13.0. The second-order valence-electron chi connectivity index (χ2n) is 4.76. The van der Waals surface area contributed by atoms with Gasteiger partial charge < -0.3 is 10.1 Å². The molecule has 0 spiro atoms. The molecule has 1 unspecified atom stereocenters. The standard InChI is InChI=1S/C13H27NO/c1-3-12(4-2)11-15-9-7-13-6-5-8-14-10-13/h12-14H,3-11H2,1-2H3. The van der Waals surface area contributed by atoms with Crippen molar-refractivity contribution in [2.75, 3.05) is 26.3 Å². The second-order valence-corrected chi connectivity index (χ2v) is 4.76.